The number of methoxy groups -OCH3 is 1. The average Bonchev–Trinajstić information content (AvgIpc) is 3.40. The average molecular weight is 532 g/mol. The highest BCUT2D eigenvalue weighted by atomic mass is 32.1. The van der Waals surface area contributed by atoms with Crippen molar-refractivity contribution in [1.29, 1.82) is 0 Å². The van der Waals surface area contributed by atoms with E-state index in [4.69, 9.17) is 17.0 Å². The SMILES string of the molecule is COc1ccc(-n2c(C)cc([C@@H]3[C@@H](c4ccccn4)NC(=S)N3c3ccc(F)c(C)c3)c2C)c([N+](=O)[O-])c1. The lowest BCUT2D eigenvalue weighted by Gasteiger charge is -2.28. The Labute approximate surface area is 224 Å². The summed E-state index contributed by atoms with van der Waals surface area (Å²) in [4.78, 5) is 18.1. The Balaban J connectivity index is 1.71. The van der Waals surface area contributed by atoms with Crippen molar-refractivity contribution in [3.05, 3.63) is 111 Å². The monoisotopic (exact) mass is 531 g/mol. The van der Waals surface area contributed by atoms with Crippen LogP contribution < -0.4 is 15.0 Å². The molecule has 1 aliphatic heterocycles. The molecule has 4 aromatic rings. The van der Waals surface area contributed by atoms with Gasteiger partial charge in [0.05, 0.1) is 35.9 Å². The van der Waals surface area contributed by atoms with Crippen molar-refractivity contribution in [2.45, 2.75) is 32.9 Å². The van der Waals surface area contributed by atoms with E-state index in [2.05, 4.69) is 10.3 Å². The van der Waals surface area contributed by atoms with Crippen LogP contribution in [0.15, 0.2) is 66.9 Å². The predicted octanol–water partition coefficient (Wildman–Crippen LogP) is 6.03. The molecule has 5 rings (SSSR count). The van der Waals surface area contributed by atoms with Gasteiger partial charge in [-0.3, -0.25) is 15.1 Å². The highest BCUT2D eigenvalue weighted by molar-refractivity contribution is 7.80. The summed E-state index contributed by atoms with van der Waals surface area (Å²) in [6.45, 7) is 5.56. The van der Waals surface area contributed by atoms with Gasteiger partial charge in [0.15, 0.2) is 5.11 Å². The molecule has 38 heavy (non-hydrogen) atoms. The summed E-state index contributed by atoms with van der Waals surface area (Å²) in [6.07, 6.45) is 1.73. The van der Waals surface area contributed by atoms with E-state index in [9.17, 15) is 14.5 Å². The zero-order valence-electron chi connectivity index (χ0n) is 21.3. The number of anilines is 1. The van der Waals surface area contributed by atoms with Gasteiger partial charge in [-0.1, -0.05) is 6.07 Å². The minimum Gasteiger partial charge on any atom is -0.496 e. The van der Waals surface area contributed by atoms with E-state index in [1.807, 2.05) is 47.6 Å². The van der Waals surface area contributed by atoms with Crippen LogP contribution >= 0.6 is 12.2 Å². The van der Waals surface area contributed by atoms with Crippen molar-refractivity contribution in [3.8, 4) is 11.4 Å². The third kappa shape index (κ3) is 4.26. The van der Waals surface area contributed by atoms with E-state index in [0.29, 0.717) is 22.1 Å². The van der Waals surface area contributed by atoms with Crippen molar-refractivity contribution >= 4 is 28.7 Å². The zero-order chi connectivity index (χ0) is 27.1. The molecule has 1 saturated heterocycles. The minimum absolute atomic E-state index is 0.0648. The second-order valence-corrected chi connectivity index (χ2v) is 9.59. The molecule has 0 unspecified atom stereocenters. The first kappa shape index (κ1) is 25.3. The fourth-order valence-corrected chi connectivity index (χ4v) is 5.50. The lowest BCUT2D eigenvalue weighted by molar-refractivity contribution is -0.384. The van der Waals surface area contributed by atoms with Gasteiger partial charge in [-0.25, -0.2) is 4.39 Å². The highest BCUT2D eigenvalue weighted by Crippen LogP contribution is 2.44. The van der Waals surface area contributed by atoms with E-state index in [1.54, 1.807) is 37.4 Å². The van der Waals surface area contributed by atoms with E-state index in [-0.39, 0.29) is 23.6 Å². The van der Waals surface area contributed by atoms with Crippen LogP contribution in [0.1, 0.15) is 40.3 Å². The predicted molar refractivity (Wildman–Crippen MR) is 148 cm³/mol. The first-order valence-electron chi connectivity index (χ1n) is 12.0. The molecule has 2 atom stereocenters. The molecule has 0 spiro atoms. The number of hydrogen-bond donors (Lipinski definition) is 1. The number of benzene rings is 2. The van der Waals surface area contributed by atoms with Gasteiger partial charge >= 0.3 is 0 Å². The number of nitro benzene ring substituents is 1. The van der Waals surface area contributed by atoms with Gasteiger partial charge in [0.1, 0.15) is 17.3 Å². The summed E-state index contributed by atoms with van der Waals surface area (Å²) >= 11 is 5.80. The maximum Gasteiger partial charge on any atom is 0.296 e. The molecule has 8 nitrogen and oxygen atoms in total. The van der Waals surface area contributed by atoms with Crippen LogP contribution in [0.25, 0.3) is 5.69 Å². The van der Waals surface area contributed by atoms with Crippen molar-refractivity contribution in [2.75, 3.05) is 12.0 Å². The number of aryl methyl sites for hydroxylation is 2. The summed E-state index contributed by atoms with van der Waals surface area (Å²) < 4.78 is 21.3. The fourth-order valence-electron chi connectivity index (χ4n) is 5.15. The number of aromatic nitrogens is 2. The van der Waals surface area contributed by atoms with Gasteiger partial charge < -0.3 is 19.5 Å². The van der Waals surface area contributed by atoms with Crippen molar-refractivity contribution in [1.82, 2.24) is 14.9 Å². The van der Waals surface area contributed by atoms with Crippen LogP contribution in [-0.2, 0) is 0 Å². The van der Waals surface area contributed by atoms with Gasteiger partial charge in [-0.15, -0.1) is 0 Å². The molecule has 10 heteroatoms. The Bertz CT molecular complexity index is 1560. The number of rotatable bonds is 6. The van der Waals surface area contributed by atoms with Gasteiger partial charge in [-0.2, -0.15) is 0 Å². The number of pyridine rings is 1. The lowest BCUT2D eigenvalue weighted by Crippen LogP contribution is -2.29. The van der Waals surface area contributed by atoms with Crippen LogP contribution in [-0.4, -0.2) is 26.7 Å². The topological polar surface area (TPSA) is 85.5 Å². The molecule has 2 aromatic heterocycles. The van der Waals surface area contributed by atoms with Gasteiger partial charge in [0.2, 0.25) is 0 Å². The number of halogens is 1. The maximum absolute atomic E-state index is 14.2. The normalized spacial score (nSPS) is 17.0. The third-order valence-corrected chi connectivity index (χ3v) is 7.24. The van der Waals surface area contributed by atoms with E-state index in [1.165, 1.54) is 19.2 Å². The summed E-state index contributed by atoms with van der Waals surface area (Å²) in [6, 6.07) is 16.8. The number of thiocarbonyl (C=S) groups is 1. The summed E-state index contributed by atoms with van der Waals surface area (Å²) in [5.74, 6) is 0.108. The van der Waals surface area contributed by atoms with Crippen molar-refractivity contribution < 1.29 is 14.1 Å². The van der Waals surface area contributed by atoms with Crippen LogP contribution in [0, 0.1) is 36.7 Å². The smallest absolute Gasteiger partial charge is 0.296 e. The largest absolute Gasteiger partial charge is 0.496 e. The number of nitro groups is 1. The molecule has 2 aromatic carbocycles. The molecule has 0 radical (unpaired) electrons. The Kier molecular flexibility index (Phi) is 6.58. The number of ether oxygens (including phenoxy) is 1. The molecule has 0 amide bonds. The number of nitrogens with zero attached hydrogens (tertiary/aromatic N) is 4. The second-order valence-electron chi connectivity index (χ2n) is 9.20. The Morgan fingerprint density at radius 3 is 2.55 bits per heavy atom. The van der Waals surface area contributed by atoms with E-state index < -0.39 is 4.92 Å². The molecule has 0 bridgehead atoms. The highest BCUT2D eigenvalue weighted by Gasteiger charge is 2.42. The molecular weight excluding hydrogens is 505 g/mol. The molecule has 1 fully saturated rings. The third-order valence-electron chi connectivity index (χ3n) is 6.93. The summed E-state index contributed by atoms with van der Waals surface area (Å²) in [5.41, 5.74) is 4.96. The van der Waals surface area contributed by atoms with E-state index in [0.717, 1.165) is 28.3 Å². The molecular formula is C28H26FN5O3S. The first-order chi connectivity index (χ1) is 18.2. The molecule has 1 aliphatic rings. The van der Waals surface area contributed by atoms with Crippen LogP contribution in [0.5, 0.6) is 5.75 Å². The van der Waals surface area contributed by atoms with Gasteiger partial charge in [0, 0.05) is 23.3 Å². The number of nitrogens with one attached hydrogen (secondary N) is 1. The van der Waals surface area contributed by atoms with Gasteiger partial charge in [0.25, 0.3) is 5.69 Å². The second kappa shape index (κ2) is 9.86. The van der Waals surface area contributed by atoms with Crippen LogP contribution in [0.4, 0.5) is 15.8 Å². The fraction of sp³-hybridized carbons (Fsp3) is 0.214. The standard InChI is InChI=1S/C28H26FN5O3S/c1-16-13-19(8-10-22(16)29)33-27(26(31-28(33)38)23-7-5-6-12-30-23)21-14-17(2)32(18(21)3)24-11-9-20(37-4)15-25(24)34(35)36/h5-15,26-27H,1-4H3,(H,31,38)/t26-,27-/m1/s1. The van der Waals surface area contributed by atoms with E-state index >= 15 is 0 Å². The zero-order valence-corrected chi connectivity index (χ0v) is 22.1. The minimum atomic E-state index is -0.410. The van der Waals surface area contributed by atoms with Crippen LogP contribution in [0.2, 0.25) is 0 Å². The van der Waals surface area contributed by atoms with Crippen LogP contribution in [0.3, 0.4) is 0 Å². The Hall–Kier alpha value is -4.31. The molecule has 194 valence electrons. The molecule has 0 aliphatic carbocycles. The Morgan fingerprint density at radius 1 is 1.11 bits per heavy atom. The van der Waals surface area contributed by atoms with Gasteiger partial charge in [-0.05, 0) is 92.6 Å². The number of hydrogen-bond acceptors (Lipinski definition) is 5. The Morgan fingerprint density at radius 2 is 1.89 bits per heavy atom. The van der Waals surface area contributed by atoms with Crippen molar-refractivity contribution in [2.24, 2.45) is 0 Å². The lowest BCUT2D eigenvalue weighted by atomic mass is 9.96. The summed E-state index contributed by atoms with van der Waals surface area (Å²) in [7, 11) is 1.47. The molecule has 0 saturated carbocycles. The quantitative estimate of drug-likeness (QED) is 0.185. The maximum atomic E-state index is 14.2. The first-order valence-corrected chi connectivity index (χ1v) is 12.4. The molecule has 3 heterocycles. The molecule has 1 N–H and O–H groups in total. The van der Waals surface area contributed by atoms with Crippen molar-refractivity contribution in [3.63, 3.8) is 0 Å². The summed E-state index contributed by atoms with van der Waals surface area (Å²) in [5, 5.41) is 15.9.